The van der Waals surface area contributed by atoms with Gasteiger partial charge >= 0.3 is 0 Å². The van der Waals surface area contributed by atoms with Gasteiger partial charge in [0.05, 0.1) is 25.4 Å². The molecule has 0 saturated carbocycles. The largest absolute Gasteiger partial charge is 0.389 e. The Bertz CT molecular complexity index is 528. The van der Waals surface area contributed by atoms with Crippen LogP contribution in [-0.2, 0) is 9.47 Å². The zero-order valence-electron chi connectivity index (χ0n) is 17.9. The third-order valence-corrected chi connectivity index (χ3v) is 4.29. The van der Waals surface area contributed by atoms with E-state index in [0.717, 1.165) is 44.8 Å². The predicted octanol–water partition coefficient (Wildman–Crippen LogP) is 1.65. The Labute approximate surface area is 170 Å². The maximum Gasteiger partial charge on any atom is 0.191 e. The number of benzene rings is 1. The number of hydrogen-bond acceptors (Lipinski definition) is 5. The minimum absolute atomic E-state index is 0.0557. The molecule has 0 amide bonds. The van der Waals surface area contributed by atoms with Gasteiger partial charge < -0.3 is 30.1 Å². The number of guanidine groups is 1. The number of aliphatic imine (C=N–C) groups is 1. The fourth-order valence-corrected chi connectivity index (χ4v) is 2.62. The van der Waals surface area contributed by atoms with Crippen molar-refractivity contribution in [1.82, 2.24) is 15.5 Å². The summed E-state index contributed by atoms with van der Waals surface area (Å²) in [5.41, 5.74) is 1.10. The summed E-state index contributed by atoms with van der Waals surface area (Å²) >= 11 is 0. The van der Waals surface area contributed by atoms with Crippen LogP contribution in [0, 0.1) is 0 Å². The first-order chi connectivity index (χ1) is 13.6. The van der Waals surface area contributed by atoms with Crippen LogP contribution < -0.4 is 10.6 Å². The summed E-state index contributed by atoms with van der Waals surface area (Å²) in [6.07, 6.45) is 0.326. The SMILES string of the molecule is CCNC(=NCC(O)COC(C)c1ccccc1)NCCN(C)CCCOC. The lowest BCUT2D eigenvalue weighted by molar-refractivity contribution is 0.00111. The molecule has 0 saturated heterocycles. The Balaban J connectivity index is 2.31. The van der Waals surface area contributed by atoms with E-state index in [1.54, 1.807) is 7.11 Å². The fourth-order valence-electron chi connectivity index (χ4n) is 2.62. The molecule has 0 aliphatic carbocycles. The van der Waals surface area contributed by atoms with Crippen LogP contribution >= 0.6 is 0 Å². The summed E-state index contributed by atoms with van der Waals surface area (Å²) in [6.45, 7) is 8.80. The highest BCUT2D eigenvalue weighted by molar-refractivity contribution is 5.79. The monoisotopic (exact) mass is 394 g/mol. The lowest BCUT2D eigenvalue weighted by atomic mass is 10.1. The molecule has 0 spiro atoms. The number of methoxy groups -OCH3 is 1. The maximum atomic E-state index is 10.2. The number of aliphatic hydroxyl groups is 1. The summed E-state index contributed by atoms with van der Waals surface area (Å²) in [7, 11) is 3.82. The van der Waals surface area contributed by atoms with E-state index in [-0.39, 0.29) is 12.7 Å². The van der Waals surface area contributed by atoms with Crippen LogP contribution in [0.2, 0.25) is 0 Å². The van der Waals surface area contributed by atoms with Crippen molar-refractivity contribution in [3.63, 3.8) is 0 Å². The second-order valence-corrected chi connectivity index (χ2v) is 6.84. The van der Waals surface area contributed by atoms with Gasteiger partial charge in [0, 0.05) is 39.9 Å². The lowest BCUT2D eigenvalue weighted by Crippen LogP contribution is -2.41. The van der Waals surface area contributed by atoms with Crippen LogP contribution in [0.1, 0.15) is 31.9 Å². The zero-order chi connectivity index (χ0) is 20.6. The quantitative estimate of drug-likeness (QED) is 0.253. The van der Waals surface area contributed by atoms with Gasteiger partial charge in [-0.1, -0.05) is 30.3 Å². The molecule has 1 aromatic rings. The van der Waals surface area contributed by atoms with Gasteiger partial charge in [0.15, 0.2) is 5.96 Å². The summed E-state index contributed by atoms with van der Waals surface area (Å²) in [5, 5.41) is 16.7. The molecule has 0 aromatic heterocycles. The molecule has 160 valence electrons. The van der Waals surface area contributed by atoms with Crippen LogP contribution in [0.5, 0.6) is 0 Å². The van der Waals surface area contributed by atoms with E-state index in [1.165, 1.54) is 0 Å². The van der Waals surface area contributed by atoms with Crippen molar-refractivity contribution < 1.29 is 14.6 Å². The number of ether oxygens (including phenoxy) is 2. The highest BCUT2D eigenvalue weighted by atomic mass is 16.5. The maximum absolute atomic E-state index is 10.2. The van der Waals surface area contributed by atoms with Crippen LogP contribution in [0.4, 0.5) is 0 Å². The molecular weight excluding hydrogens is 356 g/mol. The molecular formula is C21H38N4O3. The van der Waals surface area contributed by atoms with E-state index >= 15 is 0 Å². The Morgan fingerprint density at radius 3 is 2.64 bits per heavy atom. The molecule has 0 radical (unpaired) electrons. The first kappa shape index (κ1) is 24.4. The molecule has 0 aliphatic heterocycles. The number of likely N-dealkylation sites (N-methyl/N-ethyl adjacent to an activating group) is 1. The minimum Gasteiger partial charge on any atom is -0.389 e. The van der Waals surface area contributed by atoms with Crippen LogP contribution in [0.25, 0.3) is 0 Å². The van der Waals surface area contributed by atoms with Gasteiger partial charge in [-0.15, -0.1) is 0 Å². The van der Waals surface area contributed by atoms with Crippen molar-refractivity contribution in [2.75, 3.05) is 60.1 Å². The Kier molecular flexibility index (Phi) is 13.3. The Morgan fingerprint density at radius 2 is 1.96 bits per heavy atom. The zero-order valence-corrected chi connectivity index (χ0v) is 17.9. The molecule has 1 aromatic carbocycles. The predicted molar refractivity (Wildman–Crippen MR) is 115 cm³/mol. The third kappa shape index (κ3) is 11.2. The normalized spacial score (nSPS) is 14.1. The molecule has 28 heavy (non-hydrogen) atoms. The van der Waals surface area contributed by atoms with Gasteiger partial charge in [0.25, 0.3) is 0 Å². The van der Waals surface area contributed by atoms with E-state index in [0.29, 0.717) is 12.5 Å². The number of nitrogens with zero attached hydrogens (tertiary/aromatic N) is 2. The van der Waals surface area contributed by atoms with Gasteiger partial charge in [0.2, 0.25) is 0 Å². The average Bonchev–Trinajstić information content (AvgIpc) is 2.71. The first-order valence-corrected chi connectivity index (χ1v) is 10.1. The van der Waals surface area contributed by atoms with Gasteiger partial charge in [0.1, 0.15) is 0 Å². The number of nitrogens with one attached hydrogen (secondary N) is 2. The lowest BCUT2D eigenvalue weighted by Gasteiger charge is -2.19. The summed E-state index contributed by atoms with van der Waals surface area (Å²) in [5.74, 6) is 0.711. The highest BCUT2D eigenvalue weighted by Gasteiger charge is 2.10. The standard InChI is InChI=1S/C21H38N4O3/c1-5-22-21(23-12-14-25(3)13-9-15-27-4)24-16-20(26)17-28-18(2)19-10-7-6-8-11-19/h6-8,10-11,18,20,26H,5,9,12-17H2,1-4H3,(H2,22,23,24). The molecule has 0 fully saturated rings. The summed E-state index contributed by atoms with van der Waals surface area (Å²) in [6, 6.07) is 9.99. The van der Waals surface area contributed by atoms with Crippen LogP contribution in [0.3, 0.4) is 0 Å². The van der Waals surface area contributed by atoms with Crippen molar-refractivity contribution in [3.8, 4) is 0 Å². The molecule has 7 heteroatoms. The molecule has 3 N–H and O–H groups in total. The number of aliphatic hydroxyl groups excluding tert-OH is 1. The molecule has 1 rings (SSSR count). The fraction of sp³-hybridized carbons (Fsp3) is 0.667. The molecule has 2 atom stereocenters. The smallest absolute Gasteiger partial charge is 0.191 e. The van der Waals surface area contributed by atoms with Gasteiger partial charge in [-0.2, -0.15) is 0 Å². The van der Waals surface area contributed by atoms with Crippen LogP contribution in [0.15, 0.2) is 35.3 Å². The Morgan fingerprint density at radius 1 is 1.21 bits per heavy atom. The molecule has 0 aliphatic rings. The van der Waals surface area contributed by atoms with Gasteiger partial charge in [-0.25, -0.2) is 0 Å². The highest BCUT2D eigenvalue weighted by Crippen LogP contribution is 2.15. The first-order valence-electron chi connectivity index (χ1n) is 10.1. The van der Waals surface area contributed by atoms with Crippen molar-refractivity contribution >= 4 is 5.96 Å². The van der Waals surface area contributed by atoms with Crippen molar-refractivity contribution in [2.45, 2.75) is 32.5 Å². The Hall–Kier alpha value is -1.67. The van der Waals surface area contributed by atoms with Gasteiger partial charge in [-0.05, 0) is 32.9 Å². The minimum atomic E-state index is -0.640. The van der Waals surface area contributed by atoms with Crippen molar-refractivity contribution in [2.24, 2.45) is 4.99 Å². The molecule has 7 nitrogen and oxygen atoms in total. The summed E-state index contributed by atoms with van der Waals surface area (Å²) in [4.78, 5) is 6.72. The second kappa shape index (κ2) is 15.3. The van der Waals surface area contributed by atoms with Gasteiger partial charge in [-0.3, -0.25) is 4.99 Å². The second-order valence-electron chi connectivity index (χ2n) is 6.84. The summed E-state index contributed by atoms with van der Waals surface area (Å²) < 4.78 is 10.8. The molecule has 2 unspecified atom stereocenters. The van der Waals surface area contributed by atoms with E-state index in [4.69, 9.17) is 9.47 Å². The topological polar surface area (TPSA) is 78.4 Å². The van der Waals surface area contributed by atoms with E-state index in [2.05, 4.69) is 27.6 Å². The van der Waals surface area contributed by atoms with Crippen LogP contribution in [-0.4, -0.2) is 82.2 Å². The number of hydrogen-bond donors (Lipinski definition) is 3. The van der Waals surface area contributed by atoms with E-state index in [9.17, 15) is 5.11 Å². The van der Waals surface area contributed by atoms with Crippen molar-refractivity contribution in [3.05, 3.63) is 35.9 Å². The van der Waals surface area contributed by atoms with Crippen molar-refractivity contribution in [1.29, 1.82) is 0 Å². The number of rotatable bonds is 14. The molecule has 0 heterocycles. The van der Waals surface area contributed by atoms with E-state index in [1.807, 2.05) is 44.2 Å². The van der Waals surface area contributed by atoms with E-state index < -0.39 is 6.10 Å². The third-order valence-electron chi connectivity index (χ3n) is 4.29. The average molecular weight is 395 g/mol. The molecule has 0 bridgehead atoms.